The summed E-state index contributed by atoms with van der Waals surface area (Å²) >= 11 is 0. The standard InChI is InChI=1S/C26H25NO3/c28-25(21-10-12-23(13-11-21)29-22-7-2-1-3-8-22)27-18-16-26(17-19-27)15-14-20-6-4-5-9-24(20)30-26/h1-13H,14-19H2. The minimum Gasteiger partial charge on any atom is -0.487 e. The van der Waals surface area contributed by atoms with Gasteiger partial charge in [0.15, 0.2) is 0 Å². The van der Waals surface area contributed by atoms with Gasteiger partial charge in [-0.25, -0.2) is 0 Å². The van der Waals surface area contributed by atoms with E-state index in [4.69, 9.17) is 9.47 Å². The van der Waals surface area contributed by atoms with E-state index in [2.05, 4.69) is 18.2 Å². The molecule has 0 bridgehead atoms. The minimum atomic E-state index is -0.126. The second-order valence-electron chi connectivity index (χ2n) is 8.12. The lowest BCUT2D eigenvalue weighted by Crippen LogP contribution is -2.51. The molecule has 0 aliphatic carbocycles. The van der Waals surface area contributed by atoms with Gasteiger partial charge in [-0.2, -0.15) is 0 Å². The van der Waals surface area contributed by atoms with E-state index in [-0.39, 0.29) is 11.5 Å². The molecule has 5 rings (SSSR count). The molecule has 1 amide bonds. The fourth-order valence-electron chi connectivity index (χ4n) is 4.40. The first-order valence-corrected chi connectivity index (χ1v) is 10.6. The lowest BCUT2D eigenvalue weighted by Gasteiger charge is -2.44. The van der Waals surface area contributed by atoms with Gasteiger partial charge in [-0.3, -0.25) is 4.79 Å². The van der Waals surface area contributed by atoms with E-state index in [0.717, 1.165) is 56.0 Å². The molecule has 2 aliphatic heterocycles. The molecule has 0 atom stereocenters. The van der Waals surface area contributed by atoms with Gasteiger partial charge in [0.2, 0.25) is 0 Å². The molecule has 2 heterocycles. The minimum absolute atomic E-state index is 0.0762. The van der Waals surface area contributed by atoms with Crippen LogP contribution in [0.5, 0.6) is 17.2 Å². The van der Waals surface area contributed by atoms with Crippen molar-refractivity contribution in [2.75, 3.05) is 13.1 Å². The second kappa shape index (κ2) is 7.86. The van der Waals surface area contributed by atoms with Crippen LogP contribution in [-0.4, -0.2) is 29.5 Å². The number of para-hydroxylation sites is 2. The predicted molar refractivity (Wildman–Crippen MR) is 116 cm³/mol. The van der Waals surface area contributed by atoms with Crippen molar-refractivity contribution in [2.24, 2.45) is 0 Å². The largest absolute Gasteiger partial charge is 0.487 e. The number of aryl methyl sites for hydroxylation is 1. The Hall–Kier alpha value is -3.27. The fraction of sp³-hybridized carbons (Fsp3) is 0.269. The van der Waals surface area contributed by atoms with Gasteiger partial charge in [0.25, 0.3) is 5.91 Å². The molecule has 4 heteroatoms. The number of ether oxygens (including phenoxy) is 2. The fourth-order valence-corrected chi connectivity index (χ4v) is 4.40. The van der Waals surface area contributed by atoms with E-state index in [1.54, 1.807) is 0 Å². The van der Waals surface area contributed by atoms with Crippen molar-refractivity contribution in [1.82, 2.24) is 4.90 Å². The van der Waals surface area contributed by atoms with Gasteiger partial charge in [-0.1, -0.05) is 36.4 Å². The van der Waals surface area contributed by atoms with Crippen LogP contribution in [0.4, 0.5) is 0 Å². The van der Waals surface area contributed by atoms with Gasteiger partial charge < -0.3 is 14.4 Å². The summed E-state index contributed by atoms with van der Waals surface area (Å²) < 4.78 is 12.2. The number of hydrogen-bond donors (Lipinski definition) is 0. The zero-order valence-corrected chi connectivity index (χ0v) is 16.9. The highest BCUT2D eigenvalue weighted by Crippen LogP contribution is 2.39. The Kier molecular flexibility index (Phi) is 4.91. The number of likely N-dealkylation sites (tertiary alicyclic amines) is 1. The molecule has 0 saturated carbocycles. The van der Waals surface area contributed by atoms with Crippen molar-refractivity contribution < 1.29 is 14.3 Å². The number of amides is 1. The number of hydrogen-bond acceptors (Lipinski definition) is 3. The zero-order valence-electron chi connectivity index (χ0n) is 16.9. The molecule has 30 heavy (non-hydrogen) atoms. The quantitative estimate of drug-likeness (QED) is 0.585. The van der Waals surface area contributed by atoms with Crippen molar-refractivity contribution in [3.63, 3.8) is 0 Å². The molecular formula is C26H25NO3. The lowest BCUT2D eigenvalue weighted by atomic mass is 9.83. The molecule has 3 aromatic rings. The van der Waals surface area contributed by atoms with Crippen molar-refractivity contribution in [2.45, 2.75) is 31.3 Å². The van der Waals surface area contributed by atoms with Crippen LogP contribution in [-0.2, 0) is 6.42 Å². The smallest absolute Gasteiger partial charge is 0.253 e. The van der Waals surface area contributed by atoms with E-state index in [1.165, 1.54) is 5.56 Å². The Morgan fingerprint density at radius 1 is 0.800 bits per heavy atom. The first kappa shape index (κ1) is 18.7. The number of benzene rings is 3. The van der Waals surface area contributed by atoms with Gasteiger partial charge in [-0.15, -0.1) is 0 Å². The van der Waals surface area contributed by atoms with Crippen LogP contribution in [0, 0.1) is 0 Å². The van der Waals surface area contributed by atoms with E-state index < -0.39 is 0 Å². The van der Waals surface area contributed by atoms with Crippen molar-refractivity contribution in [1.29, 1.82) is 0 Å². The normalized spacial score (nSPS) is 17.1. The maximum Gasteiger partial charge on any atom is 0.253 e. The second-order valence-corrected chi connectivity index (χ2v) is 8.12. The topological polar surface area (TPSA) is 38.8 Å². The number of carbonyl (C=O) groups is 1. The highest BCUT2D eigenvalue weighted by atomic mass is 16.5. The third-order valence-corrected chi connectivity index (χ3v) is 6.19. The summed E-state index contributed by atoms with van der Waals surface area (Å²) in [6.45, 7) is 1.45. The number of nitrogens with zero attached hydrogens (tertiary/aromatic N) is 1. The average Bonchev–Trinajstić information content (AvgIpc) is 2.80. The Morgan fingerprint density at radius 3 is 2.23 bits per heavy atom. The first-order chi connectivity index (χ1) is 14.7. The van der Waals surface area contributed by atoms with Crippen LogP contribution in [0.15, 0.2) is 78.9 Å². The van der Waals surface area contributed by atoms with Crippen molar-refractivity contribution >= 4 is 5.91 Å². The molecule has 0 aromatic heterocycles. The summed E-state index contributed by atoms with van der Waals surface area (Å²) in [5, 5.41) is 0. The highest BCUT2D eigenvalue weighted by Gasteiger charge is 2.40. The van der Waals surface area contributed by atoms with Gasteiger partial charge in [0.1, 0.15) is 22.8 Å². The summed E-state index contributed by atoms with van der Waals surface area (Å²) in [5.41, 5.74) is 1.86. The molecule has 1 spiro atoms. The Morgan fingerprint density at radius 2 is 1.47 bits per heavy atom. The monoisotopic (exact) mass is 399 g/mol. The van der Waals surface area contributed by atoms with Crippen LogP contribution in [0.25, 0.3) is 0 Å². The Bertz CT molecular complexity index is 1020. The van der Waals surface area contributed by atoms with Crippen LogP contribution < -0.4 is 9.47 Å². The third-order valence-electron chi connectivity index (χ3n) is 6.19. The third kappa shape index (κ3) is 3.78. The number of rotatable bonds is 3. The summed E-state index contributed by atoms with van der Waals surface area (Å²) in [6.07, 6.45) is 3.83. The molecule has 3 aromatic carbocycles. The molecule has 4 nitrogen and oxygen atoms in total. The van der Waals surface area contributed by atoms with Crippen LogP contribution in [0.3, 0.4) is 0 Å². The molecule has 2 aliphatic rings. The molecule has 0 radical (unpaired) electrons. The molecule has 1 saturated heterocycles. The predicted octanol–water partition coefficient (Wildman–Crippen LogP) is 5.48. The van der Waals surface area contributed by atoms with Crippen molar-refractivity contribution in [3.8, 4) is 17.2 Å². The van der Waals surface area contributed by atoms with Crippen LogP contribution in [0.1, 0.15) is 35.2 Å². The average molecular weight is 399 g/mol. The Balaban J connectivity index is 1.21. The molecule has 0 unspecified atom stereocenters. The maximum absolute atomic E-state index is 13.0. The number of piperidine rings is 1. The van der Waals surface area contributed by atoms with Gasteiger partial charge in [0, 0.05) is 31.5 Å². The summed E-state index contributed by atoms with van der Waals surface area (Å²) in [5.74, 6) is 2.60. The number of fused-ring (bicyclic) bond motifs is 1. The Labute approximate surface area is 177 Å². The summed E-state index contributed by atoms with van der Waals surface area (Å²) in [4.78, 5) is 14.9. The molecule has 0 N–H and O–H groups in total. The SMILES string of the molecule is O=C(c1ccc(Oc2ccccc2)cc1)N1CCC2(CCc3ccccc3O2)CC1. The van der Waals surface area contributed by atoms with Crippen LogP contribution in [0.2, 0.25) is 0 Å². The summed E-state index contributed by atoms with van der Waals surface area (Å²) in [7, 11) is 0. The molecule has 152 valence electrons. The van der Waals surface area contributed by atoms with E-state index in [9.17, 15) is 4.79 Å². The summed E-state index contributed by atoms with van der Waals surface area (Å²) in [6, 6.07) is 25.3. The van der Waals surface area contributed by atoms with Crippen LogP contribution >= 0.6 is 0 Å². The number of carbonyl (C=O) groups excluding carboxylic acids is 1. The van der Waals surface area contributed by atoms with Gasteiger partial charge in [0.05, 0.1) is 0 Å². The van der Waals surface area contributed by atoms with Gasteiger partial charge >= 0.3 is 0 Å². The van der Waals surface area contributed by atoms with E-state index in [1.807, 2.05) is 65.6 Å². The van der Waals surface area contributed by atoms with Gasteiger partial charge in [-0.05, 0) is 60.9 Å². The maximum atomic E-state index is 13.0. The first-order valence-electron chi connectivity index (χ1n) is 10.6. The van der Waals surface area contributed by atoms with E-state index in [0.29, 0.717) is 5.56 Å². The highest BCUT2D eigenvalue weighted by molar-refractivity contribution is 5.94. The zero-order chi connectivity index (χ0) is 20.4. The van der Waals surface area contributed by atoms with E-state index >= 15 is 0 Å². The lowest BCUT2D eigenvalue weighted by molar-refractivity contribution is -0.0106. The molecule has 1 fully saturated rings. The molecular weight excluding hydrogens is 374 g/mol. The van der Waals surface area contributed by atoms with Crippen molar-refractivity contribution in [3.05, 3.63) is 90.0 Å².